The van der Waals surface area contributed by atoms with E-state index in [2.05, 4.69) is 18.9 Å². The highest BCUT2D eigenvalue weighted by atomic mass is 19.4. The number of rotatable bonds is 8. The predicted octanol–water partition coefficient (Wildman–Crippen LogP) is 4.52. The predicted molar refractivity (Wildman–Crippen MR) is 80.5 cm³/mol. The maximum atomic E-state index is 14.9. The fraction of sp³-hybridized carbons (Fsp3) is 0.647. The number of hydrogen-bond donors (Lipinski definition) is 0. The van der Waals surface area contributed by atoms with E-state index in [1.165, 1.54) is 0 Å². The lowest BCUT2D eigenvalue weighted by molar-refractivity contribution is -0.390. The minimum Gasteiger partial charge on any atom is -0.371 e. The fourth-order valence-electron chi connectivity index (χ4n) is 2.76. The standard InChI is InChI=1S/C17H14F10O4/c18-14(17(25,26)27,31-8-12-6-29-12)10-3-1-2-9(4-10)13(15(19,20)21,16(22,23)24)30-7-11-5-28-11/h1-4,11-12H,5-8H2. The topological polar surface area (TPSA) is 43.5 Å². The molecule has 2 fully saturated rings. The van der Waals surface area contributed by atoms with Gasteiger partial charge in [-0.3, -0.25) is 0 Å². The summed E-state index contributed by atoms with van der Waals surface area (Å²) in [5, 5.41) is 0. The van der Waals surface area contributed by atoms with Crippen molar-refractivity contribution in [1.29, 1.82) is 0 Å². The van der Waals surface area contributed by atoms with Gasteiger partial charge in [0.15, 0.2) is 0 Å². The Kier molecular flexibility index (Phi) is 6.00. The first-order valence-corrected chi connectivity index (χ1v) is 8.63. The van der Waals surface area contributed by atoms with Crippen LogP contribution < -0.4 is 0 Å². The summed E-state index contributed by atoms with van der Waals surface area (Å²) in [4.78, 5) is 0. The molecule has 0 bridgehead atoms. The monoisotopic (exact) mass is 472 g/mol. The van der Waals surface area contributed by atoms with E-state index in [1.807, 2.05) is 0 Å². The third-order valence-electron chi connectivity index (χ3n) is 4.56. The summed E-state index contributed by atoms with van der Waals surface area (Å²) in [5.41, 5.74) is -8.42. The smallest absolute Gasteiger partial charge is 0.371 e. The van der Waals surface area contributed by atoms with Gasteiger partial charge in [-0.15, -0.1) is 0 Å². The summed E-state index contributed by atoms with van der Waals surface area (Å²) in [6.45, 7) is -2.24. The molecule has 31 heavy (non-hydrogen) atoms. The molecule has 0 aromatic heterocycles. The van der Waals surface area contributed by atoms with E-state index < -0.39 is 66.5 Å². The molecule has 0 saturated carbocycles. The van der Waals surface area contributed by atoms with Gasteiger partial charge in [0, 0.05) is 11.1 Å². The van der Waals surface area contributed by atoms with Gasteiger partial charge < -0.3 is 18.9 Å². The lowest BCUT2D eigenvalue weighted by Crippen LogP contribution is -2.56. The third kappa shape index (κ3) is 4.61. The van der Waals surface area contributed by atoms with Crippen molar-refractivity contribution in [2.24, 2.45) is 0 Å². The van der Waals surface area contributed by atoms with Gasteiger partial charge in [-0.1, -0.05) is 18.2 Å². The van der Waals surface area contributed by atoms with Crippen molar-refractivity contribution in [1.82, 2.24) is 0 Å². The number of alkyl halides is 10. The molecule has 14 heteroatoms. The molecule has 3 rings (SSSR count). The van der Waals surface area contributed by atoms with E-state index in [0.29, 0.717) is 12.1 Å². The lowest BCUT2D eigenvalue weighted by atomic mass is 9.89. The summed E-state index contributed by atoms with van der Waals surface area (Å²) in [6.07, 6.45) is -20.0. The number of epoxide rings is 2. The van der Waals surface area contributed by atoms with Crippen molar-refractivity contribution in [2.45, 2.75) is 42.2 Å². The summed E-state index contributed by atoms with van der Waals surface area (Å²) in [5.74, 6) is -4.68. The van der Waals surface area contributed by atoms with Gasteiger partial charge in [0.1, 0.15) is 12.2 Å². The van der Waals surface area contributed by atoms with Gasteiger partial charge in [-0.05, 0) is 6.07 Å². The Morgan fingerprint density at radius 2 is 1.16 bits per heavy atom. The quantitative estimate of drug-likeness (QED) is 0.412. The molecule has 3 unspecified atom stereocenters. The molecule has 2 aliphatic rings. The molecule has 0 amide bonds. The zero-order chi connectivity index (χ0) is 23.3. The largest absolute Gasteiger partial charge is 0.453 e. The number of halogens is 10. The fourth-order valence-corrected chi connectivity index (χ4v) is 2.76. The minimum atomic E-state index is -6.15. The second-order valence-electron chi connectivity index (χ2n) is 6.88. The van der Waals surface area contributed by atoms with Crippen LogP contribution >= 0.6 is 0 Å². The first kappa shape index (κ1) is 24.0. The molecule has 176 valence electrons. The Hall–Kier alpha value is -1.64. The van der Waals surface area contributed by atoms with E-state index in [0.717, 1.165) is 0 Å². The van der Waals surface area contributed by atoms with Gasteiger partial charge in [0.2, 0.25) is 0 Å². The number of ether oxygens (including phenoxy) is 4. The van der Waals surface area contributed by atoms with Crippen molar-refractivity contribution in [3.05, 3.63) is 35.4 Å². The van der Waals surface area contributed by atoms with Gasteiger partial charge in [-0.2, -0.15) is 43.9 Å². The Morgan fingerprint density at radius 1 is 0.710 bits per heavy atom. The third-order valence-corrected chi connectivity index (χ3v) is 4.56. The molecule has 0 aliphatic carbocycles. The second kappa shape index (κ2) is 7.74. The van der Waals surface area contributed by atoms with Crippen molar-refractivity contribution in [2.75, 3.05) is 26.4 Å². The molecule has 4 nitrogen and oxygen atoms in total. The first-order chi connectivity index (χ1) is 14.1. The molecule has 2 heterocycles. The minimum absolute atomic E-state index is 0.0314. The van der Waals surface area contributed by atoms with E-state index in [-0.39, 0.29) is 25.3 Å². The van der Waals surface area contributed by atoms with E-state index in [9.17, 15) is 43.9 Å². The van der Waals surface area contributed by atoms with Crippen LogP contribution in [-0.2, 0) is 30.4 Å². The van der Waals surface area contributed by atoms with Gasteiger partial charge in [0.25, 0.3) is 5.60 Å². The van der Waals surface area contributed by atoms with Crippen molar-refractivity contribution in [3.63, 3.8) is 0 Å². The van der Waals surface area contributed by atoms with Crippen LogP contribution in [0.2, 0.25) is 0 Å². The molecule has 3 atom stereocenters. The van der Waals surface area contributed by atoms with Crippen LogP contribution in [0.15, 0.2) is 24.3 Å². The summed E-state index contributed by atoms with van der Waals surface area (Å²) < 4.78 is 155. The van der Waals surface area contributed by atoms with Crippen LogP contribution in [0.3, 0.4) is 0 Å². The van der Waals surface area contributed by atoms with Crippen molar-refractivity contribution < 1.29 is 62.9 Å². The van der Waals surface area contributed by atoms with Crippen molar-refractivity contribution >= 4 is 0 Å². The summed E-state index contributed by atoms with van der Waals surface area (Å²) >= 11 is 0. The Bertz CT molecular complexity index is 768. The highest BCUT2D eigenvalue weighted by Gasteiger charge is 2.74. The van der Waals surface area contributed by atoms with Gasteiger partial charge in [-0.25, -0.2) is 0 Å². The zero-order valence-electron chi connectivity index (χ0n) is 15.2. The van der Waals surface area contributed by atoms with E-state index in [4.69, 9.17) is 0 Å². The van der Waals surface area contributed by atoms with Crippen molar-refractivity contribution in [3.8, 4) is 0 Å². The Morgan fingerprint density at radius 3 is 1.58 bits per heavy atom. The molecule has 2 aliphatic heterocycles. The first-order valence-electron chi connectivity index (χ1n) is 8.63. The average Bonchev–Trinajstić information content (AvgIpc) is 3.51. The van der Waals surface area contributed by atoms with Crippen LogP contribution in [0, 0.1) is 0 Å². The van der Waals surface area contributed by atoms with Gasteiger partial charge in [0.05, 0.1) is 26.4 Å². The summed E-state index contributed by atoms with van der Waals surface area (Å²) in [6, 6.07) is 0.826. The van der Waals surface area contributed by atoms with Crippen LogP contribution in [0.1, 0.15) is 11.1 Å². The van der Waals surface area contributed by atoms with Gasteiger partial charge >= 0.3 is 24.4 Å². The van der Waals surface area contributed by atoms with Crippen LogP contribution in [0.5, 0.6) is 0 Å². The highest BCUT2D eigenvalue weighted by molar-refractivity contribution is 5.34. The van der Waals surface area contributed by atoms with Crippen LogP contribution in [0.25, 0.3) is 0 Å². The molecule has 2 saturated heterocycles. The maximum absolute atomic E-state index is 14.9. The van der Waals surface area contributed by atoms with Crippen LogP contribution in [-0.4, -0.2) is 57.2 Å². The molecule has 1 aromatic rings. The van der Waals surface area contributed by atoms with E-state index >= 15 is 0 Å². The lowest BCUT2D eigenvalue weighted by Gasteiger charge is -2.38. The molecule has 0 spiro atoms. The molecule has 0 radical (unpaired) electrons. The molecular weight excluding hydrogens is 458 g/mol. The Balaban J connectivity index is 2.09. The number of hydrogen-bond acceptors (Lipinski definition) is 4. The summed E-state index contributed by atoms with van der Waals surface area (Å²) in [7, 11) is 0. The van der Waals surface area contributed by atoms with Crippen LogP contribution in [0.4, 0.5) is 43.9 Å². The Labute approximate surface area is 168 Å². The average molecular weight is 472 g/mol. The normalized spacial score (nSPS) is 24.1. The maximum Gasteiger partial charge on any atom is 0.453 e. The van der Waals surface area contributed by atoms with E-state index in [1.54, 1.807) is 0 Å². The zero-order valence-corrected chi connectivity index (χ0v) is 15.2. The second-order valence-corrected chi connectivity index (χ2v) is 6.88. The molecule has 0 N–H and O–H groups in total. The highest BCUT2D eigenvalue weighted by Crippen LogP contribution is 2.54. The molecular formula is C17H14F10O4. The SMILES string of the molecule is FC(F)(F)C(F)(OCC1CO1)c1cccc(C(OCC2CO2)(C(F)(F)F)C(F)(F)F)c1. The molecule has 1 aromatic carbocycles. The number of benzene rings is 1.